The van der Waals surface area contributed by atoms with Crippen LogP contribution in [0.25, 0.3) is 11.3 Å². The molecule has 2 aromatic carbocycles. The zero-order chi connectivity index (χ0) is 15.5. The molecule has 4 heteroatoms. The molecule has 3 nitrogen and oxygen atoms in total. The molecule has 1 N–H and O–H groups in total. The van der Waals surface area contributed by atoms with Gasteiger partial charge in [0.15, 0.2) is 11.6 Å². The summed E-state index contributed by atoms with van der Waals surface area (Å²) in [6.07, 6.45) is 0. The lowest BCUT2D eigenvalue weighted by atomic mass is 10.1. The molecule has 0 saturated carbocycles. The summed E-state index contributed by atoms with van der Waals surface area (Å²) in [4.78, 5) is 16.7. The summed E-state index contributed by atoms with van der Waals surface area (Å²) < 4.78 is 13.1. The Balaban J connectivity index is 1.98. The van der Waals surface area contributed by atoms with E-state index in [4.69, 9.17) is 0 Å². The van der Waals surface area contributed by atoms with Crippen LogP contribution < -0.4 is 0 Å². The Bertz CT molecular complexity index is 832. The molecule has 0 aliphatic rings. The van der Waals surface area contributed by atoms with Crippen molar-refractivity contribution in [2.45, 2.75) is 0 Å². The number of pyridine rings is 1. The van der Waals surface area contributed by atoms with Crippen LogP contribution in [-0.4, -0.2) is 15.9 Å². The molecule has 22 heavy (non-hydrogen) atoms. The Morgan fingerprint density at radius 3 is 2.45 bits per heavy atom. The lowest BCUT2D eigenvalue weighted by molar-refractivity contribution is 0.103. The second-order valence-electron chi connectivity index (χ2n) is 4.77. The number of carbonyl (C=O) groups is 1. The van der Waals surface area contributed by atoms with Crippen molar-refractivity contribution in [1.82, 2.24) is 4.98 Å². The van der Waals surface area contributed by atoms with Gasteiger partial charge in [0.1, 0.15) is 5.69 Å². The van der Waals surface area contributed by atoms with Gasteiger partial charge in [0.25, 0.3) is 0 Å². The summed E-state index contributed by atoms with van der Waals surface area (Å²) in [5, 5.41) is 9.38. The maximum atomic E-state index is 13.1. The van der Waals surface area contributed by atoms with E-state index in [0.717, 1.165) is 17.7 Å². The predicted molar refractivity (Wildman–Crippen MR) is 81.2 cm³/mol. The Hall–Kier alpha value is -3.01. The van der Waals surface area contributed by atoms with E-state index in [-0.39, 0.29) is 17.0 Å². The van der Waals surface area contributed by atoms with Crippen LogP contribution in [0.1, 0.15) is 16.1 Å². The van der Waals surface area contributed by atoms with Gasteiger partial charge in [-0.1, -0.05) is 36.4 Å². The van der Waals surface area contributed by atoms with Crippen molar-refractivity contribution < 1.29 is 14.3 Å². The first-order chi connectivity index (χ1) is 10.6. The summed E-state index contributed by atoms with van der Waals surface area (Å²) in [5.41, 5.74) is 2.01. The summed E-state index contributed by atoms with van der Waals surface area (Å²) in [5.74, 6) is -1.68. The maximum absolute atomic E-state index is 13.1. The van der Waals surface area contributed by atoms with Gasteiger partial charge < -0.3 is 5.11 Å². The van der Waals surface area contributed by atoms with E-state index in [0.29, 0.717) is 5.69 Å². The third kappa shape index (κ3) is 2.72. The normalized spacial score (nSPS) is 10.4. The van der Waals surface area contributed by atoms with Crippen LogP contribution >= 0.6 is 0 Å². The molecular weight excluding hydrogens is 281 g/mol. The van der Waals surface area contributed by atoms with Crippen LogP contribution in [0.5, 0.6) is 5.75 Å². The molecule has 0 spiro atoms. The fourth-order valence-electron chi connectivity index (χ4n) is 2.13. The van der Waals surface area contributed by atoms with Crippen molar-refractivity contribution in [2.75, 3.05) is 0 Å². The molecule has 0 saturated heterocycles. The molecule has 0 aliphatic heterocycles. The number of phenols is 1. The smallest absolute Gasteiger partial charge is 0.211 e. The highest BCUT2D eigenvalue weighted by molar-refractivity contribution is 6.08. The number of halogens is 1. The zero-order valence-electron chi connectivity index (χ0n) is 11.5. The van der Waals surface area contributed by atoms with Gasteiger partial charge in [0.05, 0.1) is 5.69 Å². The van der Waals surface area contributed by atoms with Crippen molar-refractivity contribution in [2.24, 2.45) is 0 Å². The number of aromatic nitrogens is 1. The van der Waals surface area contributed by atoms with Gasteiger partial charge in [-0.25, -0.2) is 9.37 Å². The van der Waals surface area contributed by atoms with E-state index in [1.165, 1.54) is 6.07 Å². The Morgan fingerprint density at radius 2 is 1.73 bits per heavy atom. The highest BCUT2D eigenvalue weighted by Crippen LogP contribution is 2.21. The quantitative estimate of drug-likeness (QED) is 0.747. The number of hydrogen-bond donors (Lipinski definition) is 1. The molecule has 0 atom stereocenters. The van der Waals surface area contributed by atoms with Gasteiger partial charge in [0, 0.05) is 11.1 Å². The minimum Gasteiger partial charge on any atom is -0.505 e. The number of aromatic hydroxyl groups is 1. The van der Waals surface area contributed by atoms with Crippen LogP contribution in [0.15, 0.2) is 66.7 Å². The minimum absolute atomic E-state index is 0.191. The molecule has 1 heterocycles. The largest absolute Gasteiger partial charge is 0.505 e. The van der Waals surface area contributed by atoms with Gasteiger partial charge in [-0.05, 0) is 30.3 Å². The molecule has 1 aromatic heterocycles. The second-order valence-corrected chi connectivity index (χ2v) is 4.77. The number of benzene rings is 2. The fraction of sp³-hybridized carbons (Fsp3) is 0. The van der Waals surface area contributed by atoms with Gasteiger partial charge in [-0.15, -0.1) is 0 Å². The SMILES string of the molecule is O=C(c1ccc(F)c(O)c1)c1cccc(-c2ccccc2)n1. The van der Waals surface area contributed by atoms with E-state index >= 15 is 0 Å². The van der Waals surface area contributed by atoms with Crippen LogP contribution in [0.3, 0.4) is 0 Å². The maximum Gasteiger partial charge on any atom is 0.211 e. The van der Waals surface area contributed by atoms with Gasteiger partial charge >= 0.3 is 0 Å². The van der Waals surface area contributed by atoms with Gasteiger partial charge in [0.2, 0.25) is 5.78 Å². The molecule has 0 radical (unpaired) electrons. The molecule has 108 valence electrons. The fourth-order valence-corrected chi connectivity index (χ4v) is 2.13. The van der Waals surface area contributed by atoms with E-state index in [1.807, 2.05) is 36.4 Å². The van der Waals surface area contributed by atoms with Crippen LogP contribution in [0, 0.1) is 5.82 Å². The molecule has 3 aromatic rings. The number of hydrogen-bond acceptors (Lipinski definition) is 3. The lowest BCUT2D eigenvalue weighted by Crippen LogP contribution is -2.04. The van der Waals surface area contributed by atoms with E-state index in [1.54, 1.807) is 12.1 Å². The summed E-state index contributed by atoms with van der Waals surface area (Å²) in [6, 6.07) is 18.1. The number of phenolic OH excluding ortho intramolecular Hbond substituents is 1. The minimum atomic E-state index is -0.762. The first-order valence-corrected chi connectivity index (χ1v) is 6.71. The van der Waals surface area contributed by atoms with Crippen molar-refractivity contribution in [3.63, 3.8) is 0 Å². The molecular formula is C18H12FNO2. The average Bonchev–Trinajstić information content (AvgIpc) is 2.57. The molecule has 3 rings (SSSR count). The standard InChI is InChI=1S/C18H12FNO2/c19-14-10-9-13(11-17(14)21)18(22)16-8-4-7-15(20-16)12-5-2-1-3-6-12/h1-11,21H. The van der Waals surface area contributed by atoms with Gasteiger partial charge in [-0.3, -0.25) is 4.79 Å². The number of rotatable bonds is 3. The lowest BCUT2D eigenvalue weighted by Gasteiger charge is -2.05. The summed E-state index contributed by atoms with van der Waals surface area (Å²) in [7, 11) is 0. The van der Waals surface area contributed by atoms with Crippen molar-refractivity contribution in [3.05, 3.63) is 83.8 Å². The van der Waals surface area contributed by atoms with Crippen LogP contribution in [-0.2, 0) is 0 Å². The Labute approximate surface area is 126 Å². The molecule has 0 unspecified atom stereocenters. The van der Waals surface area contributed by atoms with E-state index in [2.05, 4.69) is 4.98 Å². The summed E-state index contributed by atoms with van der Waals surface area (Å²) >= 11 is 0. The number of carbonyl (C=O) groups excluding carboxylic acids is 1. The highest BCUT2D eigenvalue weighted by Gasteiger charge is 2.13. The van der Waals surface area contributed by atoms with Crippen molar-refractivity contribution in [3.8, 4) is 17.0 Å². The molecule has 0 fully saturated rings. The van der Waals surface area contributed by atoms with Crippen LogP contribution in [0.2, 0.25) is 0 Å². The highest BCUT2D eigenvalue weighted by atomic mass is 19.1. The van der Waals surface area contributed by atoms with Crippen molar-refractivity contribution >= 4 is 5.78 Å². The average molecular weight is 293 g/mol. The predicted octanol–water partition coefficient (Wildman–Crippen LogP) is 3.82. The van der Waals surface area contributed by atoms with E-state index < -0.39 is 11.6 Å². The second kappa shape index (κ2) is 5.77. The van der Waals surface area contributed by atoms with Gasteiger partial charge in [-0.2, -0.15) is 0 Å². The van der Waals surface area contributed by atoms with Crippen molar-refractivity contribution in [1.29, 1.82) is 0 Å². The topological polar surface area (TPSA) is 50.2 Å². The molecule has 0 aliphatic carbocycles. The molecule has 0 bridgehead atoms. The number of ketones is 1. The van der Waals surface area contributed by atoms with E-state index in [9.17, 15) is 14.3 Å². The Morgan fingerprint density at radius 1 is 0.955 bits per heavy atom. The Kier molecular flexibility index (Phi) is 3.66. The monoisotopic (exact) mass is 293 g/mol. The number of nitrogens with zero attached hydrogens (tertiary/aromatic N) is 1. The van der Waals surface area contributed by atoms with Crippen LogP contribution in [0.4, 0.5) is 4.39 Å². The third-order valence-electron chi connectivity index (χ3n) is 3.26. The molecule has 0 amide bonds. The first kappa shape index (κ1) is 13.9. The zero-order valence-corrected chi connectivity index (χ0v) is 11.5. The summed E-state index contributed by atoms with van der Waals surface area (Å²) in [6.45, 7) is 0. The first-order valence-electron chi connectivity index (χ1n) is 6.71. The third-order valence-corrected chi connectivity index (χ3v) is 3.26.